The third kappa shape index (κ3) is 2.16. The number of hydrogen-bond donors (Lipinski definition) is 1. The van der Waals surface area contributed by atoms with Gasteiger partial charge in [0.2, 0.25) is 0 Å². The predicted octanol–water partition coefficient (Wildman–Crippen LogP) is 2.58. The lowest BCUT2D eigenvalue weighted by Crippen LogP contribution is -2.11. The molecular weight excluding hydrogens is 272 g/mol. The van der Waals surface area contributed by atoms with Crippen molar-refractivity contribution >= 4 is 21.6 Å². The molecular formula is C14H16N4OS. The zero-order chi connectivity index (χ0) is 14.3. The van der Waals surface area contributed by atoms with E-state index in [0.717, 1.165) is 27.9 Å². The number of nitrogens with zero attached hydrogens (tertiary/aromatic N) is 3. The summed E-state index contributed by atoms with van der Waals surface area (Å²) >= 11 is 1.53. The molecule has 3 heterocycles. The second kappa shape index (κ2) is 4.86. The highest BCUT2D eigenvalue weighted by Crippen LogP contribution is 2.25. The molecule has 3 aromatic rings. The number of aromatic amines is 1. The van der Waals surface area contributed by atoms with E-state index in [-0.39, 0.29) is 5.56 Å². The number of H-pyrrole nitrogens is 1. The number of thiophene rings is 1. The lowest BCUT2D eigenvalue weighted by Gasteiger charge is -2.04. The standard InChI is InChI=1S/C14H16N4OS/c1-8(2)4-9-6-20-14-11(9)13(19)16-12(17-14)10-5-15-7-18(10)3/h5-8H,4H2,1-3H3,(H,16,17,19). The lowest BCUT2D eigenvalue weighted by atomic mass is 10.0. The molecule has 104 valence electrons. The van der Waals surface area contributed by atoms with Crippen LogP contribution in [0.4, 0.5) is 0 Å². The zero-order valence-corrected chi connectivity index (χ0v) is 12.5. The summed E-state index contributed by atoms with van der Waals surface area (Å²) in [5.41, 5.74) is 1.83. The Labute approximate surface area is 120 Å². The van der Waals surface area contributed by atoms with Crippen LogP contribution in [-0.4, -0.2) is 19.5 Å². The van der Waals surface area contributed by atoms with E-state index in [2.05, 4.69) is 28.8 Å². The molecule has 0 fully saturated rings. The minimum absolute atomic E-state index is 0.0666. The van der Waals surface area contributed by atoms with Gasteiger partial charge in [-0.25, -0.2) is 9.97 Å². The van der Waals surface area contributed by atoms with Gasteiger partial charge in [-0.1, -0.05) is 13.8 Å². The average molecular weight is 288 g/mol. The summed E-state index contributed by atoms with van der Waals surface area (Å²) in [7, 11) is 1.88. The van der Waals surface area contributed by atoms with Crippen molar-refractivity contribution in [3.8, 4) is 11.5 Å². The summed E-state index contributed by atoms with van der Waals surface area (Å²) in [5, 5.41) is 2.77. The molecule has 0 saturated heterocycles. The fourth-order valence-electron chi connectivity index (χ4n) is 2.30. The third-order valence-electron chi connectivity index (χ3n) is 3.21. The molecule has 5 nitrogen and oxygen atoms in total. The molecule has 0 atom stereocenters. The second-order valence-electron chi connectivity index (χ2n) is 5.34. The fraction of sp³-hybridized carbons (Fsp3) is 0.357. The van der Waals surface area contributed by atoms with Crippen molar-refractivity contribution in [2.75, 3.05) is 0 Å². The van der Waals surface area contributed by atoms with Gasteiger partial charge in [-0.15, -0.1) is 11.3 Å². The maximum atomic E-state index is 12.4. The lowest BCUT2D eigenvalue weighted by molar-refractivity contribution is 0.651. The Kier molecular flexibility index (Phi) is 3.17. The summed E-state index contributed by atoms with van der Waals surface area (Å²) in [6, 6.07) is 0. The van der Waals surface area contributed by atoms with E-state index < -0.39 is 0 Å². The van der Waals surface area contributed by atoms with Crippen molar-refractivity contribution in [2.24, 2.45) is 13.0 Å². The van der Waals surface area contributed by atoms with E-state index in [4.69, 9.17) is 0 Å². The van der Waals surface area contributed by atoms with E-state index >= 15 is 0 Å². The average Bonchev–Trinajstić information content (AvgIpc) is 2.95. The summed E-state index contributed by atoms with van der Waals surface area (Å²) in [6.07, 6.45) is 4.29. The van der Waals surface area contributed by atoms with E-state index in [1.54, 1.807) is 12.5 Å². The fourth-order valence-corrected chi connectivity index (χ4v) is 3.26. The predicted molar refractivity (Wildman–Crippen MR) is 81.0 cm³/mol. The number of imidazole rings is 1. The van der Waals surface area contributed by atoms with Gasteiger partial charge < -0.3 is 9.55 Å². The first-order valence-electron chi connectivity index (χ1n) is 6.53. The van der Waals surface area contributed by atoms with Crippen molar-refractivity contribution in [1.29, 1.82) is 0 Å². The second-order valence-corrected chi connectivity index (χ2v) is 6.20. The summed E-state index contributed by atoms with van der Waals surface area (Å²) in [5.74, 6) is 1.09. The molecule has 0 aliphatic carbocycles. The van der Waals surface area contributed by atoms with Crippen LogP contribution in [0.2, 0.25) is 0 Å². The number of hydrogen-bond acceptors (Lipinski definition) is 4. The summed E-state index contributed by atoms with van der Waals surface area (Å²) in [6.45, 7) is 4.30. The van der Waals surface area contributed by atoms with Crippen LogP contribution >= 0.6 is 11.3 Å². The molecule has 0 aliphatic heterocycles. The summed E-state index contributed by atoms with van der Waals surface area (Å²) in [4.78, 5) is 24.6. The number of nitrogens with one attached hydrogen (secondary N) is 1. The van der Waals surface area contributed by atoms with Crippen LogP contribution in [-0.2, 0) is 13.5 Å². The van der Waals surface area contributed by atoms with Gasteiger partial charge in [0.25, 0.3) is 5.56 Å². The van der Waals surface area contributed by atoms with Crippen LogP contribution < -0.4 is 5.56 Å². The highest BCUT2D eigenvalue weighted by Gasteiger charge is 2.14. The van der Waals surface area contributed by atoms with Crippen LogP contribution in [0.3, 0.4) is 0 Å². The molecule has 0 radical (unpaired) electrons. The van der Waals surface area contributed by atoms with Gasteiger partial charge in [0.05, 0.1) is 17.9 Å². The van der Waals surface area contributed by atoms with E-state index in [0.29, 0.717) is 11.7 Å². The molecule has 0 bridgehead atoms. The Balaban J connectivity index is 2.17. The Morgan fingerprint density at radius 1 is 1.45 bits per heavy atom. The van der Waals surface area contributed by atoms with Gasteiger partial charge in [0.15, 0.2) is 5.82 Å². The SMILES string of the molecule is CC(C)Cc1csc2nc(-c3cncn3C)[nH]c(=O)c12. The first-order chi connectivity index (χ1) is 9.56. The van der Waals surface area contributed by atoms with Crippen LogP contribution in [0, 0.1) is 5.92 Å². The number of aromatic nitrogens is 4. The number of fused-ring (bicyclic) bond motifs is 1. The van der Waals surface area contributed by atoms with Crippen LogP contribution in [0.5, 0.6) is 0 Å². The normalized spacial score (nSPS) is 11.6. The Bertz CT molecular complexity index is 812. The van der Waals surface area contributed by atoms with Crippen molar-refractivity contribution in [1.82, 2.24) is 19.5 Å². The Hall–Kier alpha value is -1.95. The van der Waals surface area contributed by atoms with Crippen LogP contribution in [0.15, 0.2) is 22.7 Å². The van der Waals surface area contributed by atoms with Crippen LogP contribution in [0.25, 0.3) is 21.7 Å². The van der Waals surface area contributed by atoms with Gasteiger partial charge in [-0.2, -0.15) is 0 Å². The maximum Gasteiger partial charge on any atom is 0.260 e. The van der Waals surface area contributed by atoms with E-state index in [1.807, 2.05) is 17.0 Å². The highest BCUT2D eigenvalue weighted by atomic mass is 32.1. The molecule has 3 aromatic heterocycles. The molecule has 0 spiro atoms. The minimum Gasteiger partial charge on any atom is -0.331 e. The smallest absolute Gasteiger partial charge is 0.260 e. The molecule has 0 amide bonds. The molecule has 0 saturated carbocycles. The Morgan fingerprint density at radius 2 is 2.25 bits per heavy atom. The third-order valence-corrected chi connectivity index (χ3v) is 4.13. The minimum atomic E-state index is -0.0666. The zero-order valence-electron chi connectivity index (χ0n) is 11.7. The van der Waals surface area contributed by atoms with Crippen molar-refractivity contribution < 1.29 is 0 Å². The van der Waals surface area contributed by atoms with E-state index in [1.165, 1.54) is 11.3 Å². The van der Waals surface area contributed by atoms with Gasteiger partial charge >= 0.3 is 0 Å². The topological polar surface area (TPSA) is 63.6 Å². The first kappa shape index (κ1) is 13.1. The van der Waals surface area contributed by atoms with Crippen LogP contribution in [0.1, 0.15) is 19.4 Å². The molecule has 0 unspecified atom stereocenters. The van der Waals surface area contributed by atoms with Crippen molar-refractivity contribution in [2.45, 2.75) is 20.3 Å². The number of aryl methyl sites for hydroxylation is 1. The molecule has 0 aliphatic rings. The Morgan fingerprint density at radius 3 is 2.90 bits per heavy atom. The molecule has 0 aromatic carbocycles. The quantitative estimate of drug-likeness (QED) is 0.805. The van der Waals surface area contributed by atoms with Gasteiger partial charge in [-0.05, 0) is 23.3 Å². The molecule has 20 heavy (non-hydrogen) atoms. The van der Waals surface area contributed by atoms with Crippen molar-refractivity contribution in [3.63, 3.8) is 0 Å². The van der Waals surface area contributed by atoms with Crippen molar-refractivity contribution in [3.05, 3.63) is 33.8 Å². The molecule has 3 rings (SSSR count). The van der Waals surface area contributed by atoms with Gasteiger partial charge in [-0.3, -0.25) is 4.79 Å². The van der Waals surface area contributed by atoms with Gasteiger partial charge in [0.1, 0.15) is 10.5 Å². The number of rotatable bonds is 3. The maximum absolute atomic E-state index is 12.4. The largest absolute Gasteiger partial charge is 0.331 e. The van der Waals surface area contributed by atoms with Gasteiger partial charge in [0, 0.05) is 7.05 Å². The highest BCUT2D eigenvalue weighted by molar-refractivity contribution is 7.16. The molecule has 6 heteroatoms. The monoisotopic (exact) mass is 288 g/mol. The summed E-state index contributed by atoms with van der Waals surface area (Å²) < 4.78 is 1.84. The molecule has 1 N–H and O–H groups in total. The van der Waals surface area contributed by atoms with E-state index in [9.17, 15) is 4.79 Å². The first-order valence-corrected chi connectivity index (χ1v) is 7.41.